The number of esters is 1. The molecule has 11 heteroatoms. The summed E-state index contributed by atoms with van der Waals surface area (Å²) >= 11 is 0. The molecule has 0 spiro atoms. The zero-order chi connectivity index (χ0) is 27.8. The van der Waals surface area contributed by atoms with Crippen molar-refractivity contribution in [2.24, 2.45) is 23.5 Å². The molecule has 5 unspecified atom stereocenters. The van der Waals surface area contributed by atoms with Crippen LogP contribution in [0.2, 0.25) is 0 Å². The Kier molecular flexibility index (Phi) is 17.5. The van der Waals surface area contributed by atoms with E-state index < -0.39 is 67.2 Å². The zero-order valence-corrected chi connectivity index (χ0v) is 21.8. The van der Waals surface area contributed by atoms with Gasteiger partial charge in [0.2, 0.25) is 0 Å². The third-order valence-corrected chi connectivity index (χ3v) is 6.61. The molecular formula is C25H47NO10. The summed E-state index contributed by atoms with van der Waals surface area (Å²) in [6.07, 6.45) is -1.27. The van der Waals surface area contributed by atoms with E-state index >= 15 is 0 Å². The summed E-state index contributed by atoms with van der Waals surface area (Å²) in [7, 11) is 0. The molecule has 36 heavy (non-hydrogen) atoms. The van der Waals surface area contributed by atoms with Crippen LogP contribution in [-0.2, 0) is 19.1 Å². The lowest BCUT2D eigenvalue weighted by atomic mass is 9.89. The lowest BCUT2D eigenvalue weighted by Gasteiger charge is -2.30. The minimum atomic E-state index is -1.39. The standard InChI is InChI=1S/C25H47NO10/c1-4-16(3)24(36-23(33)12-17(25(34)35)11-22(31)32)21(30)10-15(2)8-6-5-7-9-19(28)20(29)13-18(27)14-26/h15-21,24,27-30H,4-14,26H2,1-3H3,(H,31,32)(H,34,35)/t15?,16?,17?,18-,19+,20-,21?,24?/m0/s1. The SMILES string of the molecule is CCC(C)C(OC(=O)CC(CC(=O)O)C(=O)O)C(O)CC(C)CCCCC[C@@H](O)[C@@H](O)C[C@H](O)CN. The first-order valence-electron chi connectivity index (χ1n) is 12.9. The van der Waals surface area contributed by atoms with Gasteiger partial charge < -0.3 is 41.1 Å². The number of nitrogens with two attached hydrogens (primary N) is 1. The Morgan fingerprint density at radius 3 is 1.97 bits per heavy atom. The predicted molar refractivity (Wildman–Crippen MR) is 132 cm³/mol. The quantitative estimate of drug-likeness (QED) is 0.0845. The van der Waals surface area contributed by atoms with E-state index in [1.807, 2.05) is 20.8 Å². The van der Waals surface area contributed by atoms with Gasteiger partial charge in [0, 0.05) is 13.0 Å². The highest BCUT2D eigenvalue weighted by atomic mass is 16.6. The molecule has 0 aliphatic carbocycles. The van der Waals surface area contributed by atoms with Crippen LogP contribution >= 0.6 is 0 Å². The number of carboxylic acids is 2. The molecule has 0 aliphatic heterocycles. The Morgan fingerprint density at radius 1 is 0.833 bits per heavy atom. The average molecular weight is 522 g/mol. The van der Waals surface area contributed by atoms with Gasteiger partial charge in [-0.2, -0.15) is 0 Å². The molecular weight excluding hydrogens is 474 g/mol. The molecule has 0 bridgehead atoms. The van der Waals surface area contributed by atoms with Crippen molar-refractivity contribution in [2.45, 2.75) is 115 Å². The van der Waals surface area contributed by atoms with Gasteiger partial charge in [-0.1, -0.05) is 46.5 Å². The van der Waals surface area contributed by atoms with E-state index in [4.69, 9.17) is 20.7 Å². The van der Waals surface area contributed by atoms with Gasteiger partial charge in [-0.15, -0.1) is 0 Å². The first-order chi connectivity index (χ1) is 16.8. The fraction of sp³-hybridized carbons (Fsp3) is 0.880. The Hall–Kier alpha value is -1.79. The topological polar surface area (TPSA) is 208 Å². The minimum absolute atomic E-state index is 0.0260. The number of aliphatic carboxylic acids is 2. The normalized spacial score (nSPS) is 18.3. The van der Waals surface area contributed by atoms with E-state index in [9.17, 15) is 34.8 Å². The number of carbonyl (C=O) groups excluding carboxylic acids is 1. The van der Waals surface area contributed by atoms with Gasteiger partial charge in [-0.3, -0.25) is 14.4 Å². The number of rotatable bonds is 21. The van der Waals surface area contributed by atoms with E-state index in [0.29, 0.717) is 25.7 Å². The van der Waals surface area contributed by atoms with Crippen LogP contribution in [0.25, 0.3) is 0 Å². The van der Waals surface area contributed by atoms with E-state index in [1.54, 1.807) is 0 Å². The number of carboxylic acid groups (broad SMARTS) is 2. The van der Waals surface area contributed by atoms with Crippen LogP contribution in [0.5, 0.6) is 0 Å². The van der Waals surface area contributed by atoms with E-state index in [2.05, 4.69) is 0 Å². The van der Waals surface area contributed by atoms with Crippen LogP contribution in [0, 0.1) is 17.8 Å². The summed E-state index contributed by atoms with van der Waals surface area (Å²) in [6.45, 7) is 5.70. The summed E-state index contributed by atoms with van der Waals surface area (Å²) in [4.78, 5) is 34.4. The third-order valence-electron chi connectivity index (χ3n) is 6.61. The fourth-order valence-electron chi connectivity index (χ4n) is 4.08. The lowest BCUT2D eigenvalue weighted by molar-refractivity contribution is -0.164. The summed E-state index contributed by atoms with van der Waals surface area (Å²) in [6, 6.07) is 0. The maximum atomic E-state index is 12.3. The molecule has 0 amide bonds. The molecule has 0 rings (SSSR count). The van der Waals surface area contributed by atoms with Gasteiger partial charge in [0.15, 0.2) is 0 Å². The molecule has 0 aromatic carbocycles. The van der Waals surface area contributed by atoms with Crippen LogP contribution in [0.3, 0.4) is 0 Å². The second-order valence-electron chi connectivity index (χ2n) is 9.98. The van der Waals surface area contributed by atoms with E-state index in [1.165, 1.54) is 0 Å². The number of hydrogen-bond donors (Lipinski definition) is 7. The van der Waals surface area contributed by atoms with Crippen LogP contribution in [0.1, 0.15) is 85.0 Å². The Morgan fingerprint density at radius 2 is 1.44 bits per heavy atom. The summed E-state index contributed by atoms with van der Waals surface area (Å²) < 4.78 is 5.43. The van der Waals surface area contributed by atoms with Crippen LogP contribution in [0.4, 0.5) is 0 Å². The molecule has 0 saturated carbocycles. The minimum Gasteiger partial charge on any atom is -0.481 e. The van der Waals surface area contributed by atoms with Gasteiger partial charge in [0.1, 0.15) is 6.10 Å². The van der Waals surface area contributed by atoms with Crippen molar-refractivity contribution in [3.63, 3.8) is 0 Å². The molecule has 0 fully saturated rings. The smallest absolute Gasteiger partial charge is 0.307 e. The van der Waals surface area contributed by atoms with E-state index in [-0.39, 0.29) is 24.8 Å². The van der Waals surface area contributed by atoms with Gasteiger partial charge in [-0.05, 0) is 31.1 Å². The number of hydrogen-bond acceptors (Lipinski definition) is 9. The first-order valence-corrected chi connectivity index (χ1v) is 12.9. The molecule has 0 aromatic heterocycles. The van der Waals surface area contributed by atoms with Crippen LogP contribution in [0.15, 0.2) is 0 Å². The maximum Gasteiger partial charge on any atom is 0.307 e. The predicted octanol–water partition coefficient (Wildman–Crippen LogP) is 1.28. The van der Waals surface area contributed by atoms with Gasteiger partial charge in [-0.25, -0.2) is 0 Å². The highest BCUT2D eigenvalue weighted by molar-refractivity contribution is 5.82. The Labute approximate surface area is 213 Å². The highest BCUT2D eigenvalue weighted by Gasteiger charge is 2.32. The van der Waals surface area contributed by atoms with Crippen molar-refractivity contribution >= 4 is 17.9 Å². The summed E-state index contributed by atoms with van der Waals surface area (Å²) in [5, 5.41) is 58.1. The van der Waals surface area contributed by atoms with Crippen molar-refractivity contribution in [2.75, 3.05) is 6.54 Å². The lowest BCUT2D eigenvalue weighted by Crippen LogP contribution is -2.38. The number of ether oxygens (including phenoxy) is 1. The van der Waals surface area contributed by atoms with Crippen molar-refractivity contribution in [3.8, 4) is 0 Å². The molecule has 8 atom stereocenters. The van der Waals surface area contributed by atoms with Gasteiger partial charge in [0.25, 0.3) is 0 Å². The second-order valence-corrected chi connectivity index (χ2v) is 9.98. The summed E-state index contributed by atoms with van der Waals surface area (Å²) in [5.41, 5.74) is 5.31. The number of aliphatic hydroxyl groups is 4. The molecule has 0 aliphatic rings. The van der Waals surface area contributed by atoms with Gasteiger partial charge in [0.05, 0.1) is 43.2 Å². The van der Waals surface area contributed by atoms with Crippen molar-refractivity contribution in [1.29, 1.82) is 0 Å². The molecule has 0 saturated heterocycles. The van der Waals surface area contributed by atoms with Crippen LogP contribution in [-0.4, -0.2) is 85.6 Å². The zero-order valence-electron chi connectivity index (χ0n) is 21.8. The first kappa shape index (κ1) is 34.2. The number of aliphatic hydroxyl groups excluding tert-OH is 4. The van der Waals surface area contributed by atoms with Crippen molar-refractivity contribution in [3.05, 3.63) is 0 Å². The largest absolute Gasteiger partial charge is 0.481 e. The molecule has 8 N–H and O–H groups in total. The molecule has 11 nitrogen and oxygen atoms in total. The molecule has 212 valence electrons. The Balaban J connectivity index is 4.60. The number of carbonyl (C=O) groups is 3. The van der Waals surface area contributed by atoms with Crippen molar-refractivity contribution in [1.82, 2.24) is 0 Å². The average Bonchev–Trinajstić information content (AvgIpc) is 2.80. The molecule has 0 aromatic rings. The monoisotopic (exact) mass is 521 g/mol. The fourth-order valence-corrected chi connectivity index (χ4v) is 4.08. The maximum absolute atomic E-state index is 12.3. The summed E-state index contributed by atoms with van der Waals surface area (Å²) in [5.74, 6) is -5.02. The Bertz CT molecular complexity index is 646. The van der Waals surface area contributed by atoms with Gasteiger partial charge >= 0.3 is 17.9 Å². The number of unbranched alkanes of at least 4 members (excludes halogenated alkanes) is 2. The van der Waals surface area contributed by atoms with Crippen LogP contribution < -0.4 is 5.73 Å². The van der Waals surface area contributed by atoms with E-state index in [0.717, 1.165) is 19.3 Å². The second kappa shape index (κ2) is 18.5. The molecule has 0 heterocycles. The third kappa shape index (κ3) is 14.7. The highest BCUT2D eigenvalue weighted by Crippen LogP contribution is 2.24. The molecule has 0 radical (unpaired) electrons. The van der Waals surface area contributed by atoms with Crippen molar-refractivity contribution < 1.29 is 49.8 Å².